The Hall–Kier alpha value is -1.53. The van der Waals surface area contributed by atoms with E-state index in [1.165, 1.54) is 0 Å². The van der Waals surface area contributed by atoms with E-state index >= 15 is 0 Å². The number of hydrogen-bond acceptors (Lipinski definition) is 3. The van der Waals surface area contributed by atoms with Crippen LogP contribution in [0.5, 0.6) is 0 Å². The lowest BCUT2D eigenvalue weighted by atomic mass is 9.98. The fraction of sp³-hybridized carbons (Fsp3) is 0.429. The molecule has 2 N–H and O–H groups in total. The van der Waals surface area contributed by atoms with Gasteiger partial charge in [-0.3, -0.25) is 5.14 Å². The number of nitrogens with two attached hydrogens (primary N) is 1. The van der Waals surface area contributed by atoms with Crippen LogP contribution in [0.4, 0.5) is 0 Å². The molecule has 0 bridgehead atoms. The van der Waals surface area contributed by atoms with Crippen LogP contribution in [0.15, 0.2) is 30.7 Å². The van der Waals surface area contributed by atoms with Crippen LogP contribution in [0, 0.1) is 6.92 Å². The summed E-state index contributed by atoms with van der Waals surface area (Å²) in [5, 5.41) is 9.62. The molecule has 0 aliphatic carbocycles. The van der Waals surface area contributed by atoms with E-state index in [0.717, 1.165) is 23.4 Å². The van der Waals surface area contributed by atoms with Gasteiger partial charge in [-0.05, 0) is 43.4 Å². The van der Waals surface area contributed by atoms with Gasteiger partial charge in [0.1, 0.15) is 0 Å². The quantitative estimate of drug-likeness (QED) is 0.917. The Labute approximate surface area is 121 Å². The highest BCUT2D eigenvalue weighted by Gasteiger charge is 2.14. The van der Waals surface area contributed by atoms with Crippen molar-refractivity contribution in [2.24, 2.45) is 5.14 Å². The average molecular weight is 292 g/mol. The van der Waals surface area contributed by atoms with Crippen LogP contribution in [0.1, 0.15) is 37.3 Å². The zero-order valence-corrected chi connectivity index (χ0v) is 12.8. The predicted molar refractivity (Wildman–Crippen MR) is 80.9 cm³/mol. The molecule has 5 nitrogen and oxygen atoms in total. The molecule has 20 heavy (non-hydrogen) atoms. The van der Waals surface area contributed by atoms with Gasteiger partial charge in [-0.1, -0.05) is 13.0 Å². The molecule has 0 spiro atoms. The van der Waals surface area contributed by atoms with Crippen LogP contribution in [-0.2, 0) is 11.0 Å². The largest absolute Gasteiger partial charge is 0.252 e. The third kappa shape index (κ3) is 3.52. The lowest BCUT2D eigenvalue weighted by Crippen LogP contribution is -2.20. The Balaban J connectivity index is 2.10. The second-order valence-corrected chi connectivity index (χ2v) is 6.65. The van der Waals surface area contributed by atoms with E-state index in [2.05, 4.69) is 17.0 Å². The molecule has 2 aromatic heterocycles. The van der Waals surface area contributed by atoms with Gasteiger partial charge in [0.2, 0.25) is 0 Å². The first-order valence-electron chi connectivity index (χ1n) is 6.60. The smallest absolute Gasteiger partial charge is 0.153 e. The molecule has 0 aliphatic heterocycles. The molecule has 0 aromatic carbocycles. The van der Waals surface area contributed by atoms with E-state index < -0.39 is 11.0 Å². The number of nitrogens with zero attached hydrogens (tertiary/aromatic N) is 3. The SMILES string of the molecule is Cc1cnn(-c2ccc([C@@H](C)CC(C)S(N)=O)cn2)c1. The number of pyridine rings is 1. The first kappa shape index (κ1) is 14.9. The highest BCUT2D eigenvalue weighted by atomic mass is 32.2. The van der Waals surface area contributed by atoms with Gasteiger partial charge in [0.05, 0.1) is 17.2 Å². The lowest BCUT2D eigenvalue weighted by Gasteiger charge is -2.15. The van der Waals surface area contributed by atoms with E-state index in [-0.39, 0.29) is 11.2 Å². The molecular formula is C14H20N4OS. The molecule has 0 amide bonds. The third-order valence-corrected chi connectivity index (χ3v) is 4.35. The number of hydrogen-bond donors (Lipinski definition) is 1. The third-order valence-electron chi connectivity index (χ3n) is 3.37. The highest BCUT2D eigenvalue weighted by Crippen LogP contribution is 2.21. The van der Waals surface area contributed by atoms with Gasteiger partial charge in [0.15, 0.2) is 5.82 Å². The normalized spacial score (nSPS) is 15.8. The molecule has 0 saturated heterocycles. The molecule has 108 valence electrons. The van der Waals surface area contributed by atoms with Crippen molar-refractivity contribution in [3.63, 3.8) is 0 Å². The van der Waals surface area contributed by atoms with E-state index in [0.29, 0.717) is 0 Å². The second-order valence-electron chi connectivity index (χ2n) is 5.19. The topological polar surface area (TPSA) is 73.8 Å². The van der Waals surface area contributed by atoms with Gasteiger partial charge in [-0.15, -0.1) is 0 Å². The zero-order valence-electron chi connectivity index (χ0n) is 12.0. The number of rotatable bonds is 5. The summed E-state index contributed by atoms with van der Waals surface area (Å²) >= 11 is 0. The Morgan fingerprint density at radius 1 is 1.35 bits per heavy atom. The Morgan fingerprint density at radius 2 is 2.10 bits per heavy atom. The molecule has 0 saturated carbocycles. The predicted octanol–water partition coefficient (Wildman–Crippen LogP) is 2.08. The maximum atomic E-state index is 11.2. The summed E-state index contributed by atoms with van der Waals surface area (Å²) in [5.74, 6) is 1.07. The van der Waals surface area contributed by atoms with Gasteiger partial charge < -0.3 is 0 Å². The molecule has 2 rings (SSSR count). The zero-order chi connectivity index (χ0) is 14.7. The van der Waals surface area contributed by atoms with E-state index in [9.17, 15) is 4.21 Å². The summed E-state index contributed by atoms with van der Waals surface area (Å²) in [5.41, 5.74) is 2.22. The Kier molecular flexibility index (Phi) is 4.67. The molecule has 0 fully saturated rings. The minimum Gasteiger partial charge on any atom is -0.252 e. The Morgan fingerprint density at radius 3 is 2.60 bits per heavy atom. The summed E-state index contributed by atoms with van der Waals surface area (Å²) in [6.45, 7) is 5.99. The van der Waals surface area contributed by atoms with Gasteiger partial charge in [0, 0.05) is 17.6 Å². The minimum absolute atomic E-state index is 0.0153. The summed E-state index contributed by atoms with van der Waals surface area (Å²) in [6, 6.07) is 3.98. The summed E-state index contributed by atoms with van der Waals surface area (Å²) in [6.07, 6.45) is 6.37. The highest BCUT2D eigenvalue weighted by molar-refractivity contribution is 7.83. The van der Waals surface area contributed by atoms with Crippen molar-refractivity contribution in [3.8, 4) is 5.82 Å². The van der Waals surface area contributed by atoms with Gasteiger partial charge in [-0.25, -0.2) is 13.9 Å². The molecular weight excluding hydrogens is 272 g/mol. The van der Waals surface area contributed by atoms with Gasteiger partial charge in [0.25, 0.3) is 0 Å². The minimum atomic E-state index is -1.27. The van der Waals surface area contributed by atoms with Crippen molar-refractivity contribution in [2.45, 2.75) is 38.4 Å². The van der Waals surface area contributed by atoms with Crippen LogP contribution in [0.2, 0.25) is 0 Å². The van der Waals surface area contributed by atoms with Crippen molar-refractivity contribution in [3.05, 3.63) is 41.9 Å². The van der Waals surface area contributed by atoms with Crippen LogP contribution < -0.4 is 5.14 Å². The standard InChI is InChI=1S/C14H20N4OS/c1-10-7-17-18(9-10)14-5-4-13(8-16-14)11(2)6-12(3)20(15)19/h4-5,7-9,11-12H,6,15H2,1-3H3/t11-,12?,20?/m0/s1. The van der Waals surface area contributed by atoms with Crippen molar-refractivity contribution in [1.82, 2.24) is 14.8 Å². The first-order valence-corrected chi connectivity index (χ1v) is 7.87. The average Bonchev–Trinajstić information content (AvgIpc) is 2.85. The second kappa shape index (κ2) is 6.28. The van der Waals surface area contributed by atoms with E-state index in [1.54, 1.807) is 10.9 Å². The Bertz CT molecular complexity index is 593. The number of aromatic nitrogens is 3. The number of aryl methyl sites for hydroxylation is 1. The van der Waals surface area contributed by atoms with Crippen LogP contribution in [0.25, 0.3) is 5.82 Å². The lowest BCUT2D eigenvalue weighted by molar-refractivity contribution is 0.634. The molecule has 6 heteroatoms. The first-order chi connectivity index (χ1) is 9.47. The van der Waals surface area contributed by atoms with Crippen molar-refractivity contribution < 1.29 is 4.21 Å². The van der Waals surface area contributed by atoms with Gasteiger partial charge >= 0.3 is 0 Å². The van der Waals surface area contributed by atoms with Crippen molar-refractivity contribution >= 4 is 11.0 Å². The molecule has 2 unspecified atom stereocenters. The van der Waals surface area contributed by atoms with Crippen molar-refractivity contribution in [2.75, 3.05) is 0 Å². The monoisotopic (exact) mass is 292 g/mol. The molecule has 2 heterocycles. The molecule has 3 atom stereocenters. The summed E-state index contributed by atoms with van der Waals surface area (Å²) < 4.78 is 13.0. The summed E-state index contributed by atoms with van der Waals surface area (Å²) in [4.78, 5) is 4.43. The summed E-state index contributed by atoms with van der Waals surface area (Å²) in [7, 11) is -1.27. The maximum absolute atomic E-state index is 11.2. The van der Waals surface area contributed by atoms with Crippen LogP contribution in [0.3, 0.4) is 0 Å². The fourth-order valence-corrected chi connectivity index (χ4v) is 2.57. The molecule has 0 radical (unpaired) electrons. The van der Waals surface area contributed by atoms with E-state index in [1.807, 2.05) is 38.4 Å². The maximum Gasteiger partial charge on any atom is 0.153 e. The van der Waals surface area contributed by atoms with E-state index in [4.69, 9.17) is 5.14 Å². The molecule has 2 aromatic rings. The fourth-order valence-electron chi connectivity index (χ4n) is 2.09. The van der Waals surface area contributed by atoms with Crippen molar-refractivity contribution in [1.29, 1.82) is 0 Å². The van der Waals surface area contributed by atoms with Crippen LogP contribution >= 0.6 is 0 Å². The van der Waals surface area contributed by atoms with Gasteiger partial charge in [-0.2, -0.15) is 5.10 Å². The molecule has 0 aliphatic rings. The van der Waals surface area contributed by atoms with Crippen LogP contribution in [-0.4, -0.2) is 24.2 Å².